The van der Waals surface area contributed by atoms with Crippen LogP contribution in [0.3, 0.4) is 0 Å². The maximum atomic E-state index is 2.53. The third-order valence-electron chi connectivity index (χ3n) is 9.82. The van der Waals surface area contributed by atoms with Gasteiger partial charge in [-0.25, -0.2) is 0 Å². The van der Waals surface area contributed by atoms with E-state index in [9.17, 15) is 0 Å². The van der Waals surface area contributed by atoms with Crippen molar-refractivity contribution >= 4 is 27.8 Å². The summed E-state index contributed by atoms with van der Waals surface area (Å²) in [5, 5.41) is 2.59. The van der Waals surface area contributed by atoms with E-state index in [1.807, 2.05) is 0 Å². The van der Waals surface area contributed by atoms with Crippen molar-refractivity contribution in [3.05, 3.63) is 148 Å². The fourth-order valence-corrected chi connectivity index (χ4v) is 7.74. The highest BCUT2D eigenvalue weighted by atomic mass is 15.1. The zero-order valence-electron chi connectivity index (χ0n) is 27.3. The van der Waals surface area contributed by atoms with Gasteiger partial charge in [0, 0.05) is 16.5 Å². The second-order valence-corrected chi connectivity index (χ2v) is 13.4. The molecule has 0 heterocycles. The third kappa shape index (κ3) is 4.29. The number of nitrogens with zero attached hydrogens (tertiary/aromatic N) is 1. The van der Waals surface area contributed by atoms with Gasteiger partial charge in [-0.2, -0.15) is 0 Å². The second-order valence-electron chi connectivity index (χ2n) is 13.4. The van der Waals surface area contributed by atoms with Crippen LogP contribution in [0.2, 0.25) is 0 Å². The molecule has 0 spiro atoms. The van der Waals surface area contributed by atoms with Crippen molar-refractivity contribution in [3.63, 3.8) is 0 Å². The summed E-state index contributed by atoms with van der Waals surface area (Å²) in [4.78, 5) is 2.53. The number of hydrogen-bond donors (Lipinski definition) is 0. The highest BCUT2D eigenvalue weighted by Gasteiger charge is 2.38. The van der Waals surface area contributed by atoms with Crippen molar-refractivity contribution in [2.45, 2.75) is 60.8 Å². The molecule has 44 heavy (non-hydrogen) atoms. The number of fused-ring (bicyclic) bond motifs is 5. The Bertz CT molecular complexity index is 2090. The lowest BCUT2D eigenvalue weighted by atomic mass is 9.81. The van der Waals surface area contributed by atoms with Gasteiger partial charge in [-0.15, -0.1) is 0 Å². The molecular weight excluding hydrogens is 530 g/mol. The number of hydrogen-bond acceptors (Lipinski definition) is 1. The Kier molecular flexibility index (Phi) is 6.55. The van der Waals surface area contributed by atoms with Crippen LogP contribution in [0.4, 0.5) is 17.1 Å². The lowest BCUT2D eigenvalue weighted by Gasteiger charge is -2.32. The molecule has 0 saturated heterocycles. The van der Waals surface area contributed by atoms with Crippen LogP contribution in [0, 0.1) is 41.5 Å². The maximum Gasteiger partial charge on any atom is 0.0543 e. The second kappa shape index (κ2) is 10.2. The van der Waals surface area contributed by atoms with Crippen molar-refractivity contribution in [1.82, 2.24) is 0 Å². The molecule has 0 saturated carbocycles. The summed E-state index contributed by atoms with van der Waals surface area (Å²) in [6.07, 6.45) is 0. The minimum atomic E-state index is -0.108. The van der Waals surface area contributed by atoms with E-state index in [0.717, 1.165) is 0 Å². The average Bonchev–Trinajstić information content (AvgIpc) is 3.21. The summed E-state index contributed by atoms with van der Waals surface area (Å²) in [6, 6.07) is 38.9. The quantitative estimate of drug-likeness (QED) is 0.203. The van der Waals surface area contributed by atoms with Crippen LogP contribution in [0.1, 0.15) is 58.4 Å². The first-order chi connectivity index (χ1) is 21.1. The largest absolute Gasteiger partial charge is 0.309 e. The molecule has 0 amide bonds. The zero-order valence-corrected chi connectivity index (χ0v) is 27.3. The fourth-order valence-electron chi connectivity index (χ4n) is 7.74. The number of benzene rings is 6. The molecule has 0 aliphatic heterocycles. The fraction of sp³-hybridized carbons (Fsp3) is 0.209. The highest BCUT2D eigenvalue weighted by Crippen LogP contribution is 2.55. The van der Waals surface area contributed by atoms with Gasteiger partial charge in [-0.1, -0.05) is 110 Å². The van der Waals surface area contributed by atoms with E-state index in [2.05, 4.69) is 163 Å². The van der Waals surface area contributed by atoms with E-state index in [-0.39, 0.29) is 5.41 Å². The Morgan fingerprint density at radius 1 is 0.477 bits per heavy atom. The molecule has 0 fully saturated rings. The molecule has 0 N–H and O–H groups in total. The molecule has 1 aliphatic rings. The van der Waals surface area contributed by atoms with Crippen molar-refractivity contribution in [2.24, 2.45) is 0 Å². The summed E-state index contributed by atoms with van der Waals surface area (Å²) in [5.41, 5.74) is 19.5. The lowest BCUT2D eigenvalue weighted by molar-refractivity contribution is 0.660. The van der Waals surface area contributed by atoms with Crippen molar-refractivity contribution < 1.29 is 0 Å². The SMILES string of the molecule is Cc1cc(C)c(N(c2ccc(-c3ccccc3C)c(C)c2)c2cc3c(c4ccccc24)-c2ccc(C)cc2C3(C)C)c(C)c1. The number of rotatable bonds is 4. The van der Waals surface area contributed by atoms with E-state index in [4.69, 9.17) is 0 Å². The standard InChI is InChI=1S/C43H41N/c1-26-17-19-37-38(23-26)43(7,8)39-25-40(35-15-11-12-16-36(35)41(37)39)44(42-30(5)21-27(2)22-31(42)6)32-18-20-34(29(4)24-32)33-14-10-9-13-28(33)3/h9-25H,1-8H3. The molecular formula is C43H41N. The summed E-state index contributed by atoms with van der Waals surface area (Å²) in [5.74, 6) is 0. The summed E-state index contributed by atoms with van der Waals surface area (Å²) < 4.78 is 0. The van der Waals surface area contributed by atoms with Gasteiger partial charge in [-0.05, 0) is 121 Å². The Balaban J connectivity index is 1.54. The Morgan fingerprint density at radius 2 is 1.11 bits per heavy atom. The van der Waals surface area contributed by atoms with Crippen molar-refractivity contribution in [2.75, 3.05) is 4.90 Å². The van der Waals surface area contributed by atoms with Crippen LogP contribution in [-0.4, -0.2) is 0 Å². The van der Waals surface area contributed by atoms with Gasteiger partial charge in [0.25, 0.3) is 0 Å². The Hall–Kier alpha value is -4.62. The van der Waals surface area contributed by atoms with E-state index in [0.29, 0.717) is 0 Å². The predicted octanol–water partition coefficient (Wildman–Crippen LogP) is 12.1. The van der Waals surface area contributed by atoms with Crippen molar-refractivity contribution in [1.29, 1.82) is 0 Å². The number of aryl methyl sites for hydroxylation is 6. The maximum absolute atomic E-state index is 2.53. The van der Waals surface area contributed by atoms with E-state index in [1.54, 1.807) is 0 Å². The van der Waals surface area contributed by atoms with Crippen LogP contribution in [0.25, 0.3) is 33.0 Å². The molecule has 7 rings (SSSR count). The van der Waals surface area contributed by atoms with Gasteiger partial charge in [-0.3, -0.25) is 0 Å². The molecule has 1 nitrogen and oxygen atoms in total. The van der Waals surface area contributed by atoms with Gasteiger partial charge in [0.05, 0.1) is 11.4 Å². The molecule has 0 bridgehead atoms. The molecule has 1 aliphatic carbocycles. The third-order valence-corrected chi connectivity index (χ3v) is 9.82. The average molecular weight is 572 g/mol. The minimum Gasteiger partial charge on any atom is -0.309 e. The van der Waals surface area contributed by atoms with Crippen LogP contribution >= 0.6 is 0 Å². The molecule has 0 unspecified atom stereocenters. The number of anilines is 3. The van der Waals surface area contributed by atoms with Crippen LogP contribution in [-0.2, 0) is 5.41 Å². The molecule has 218 valence electrons. The first kappa shape index (κ1) is 28.2. The molecule has 6 aromatic rings. The molecule has 0 radical (unpaired) electrons. The highest BCUT2D eigenvalue weighted by molar-refractivity contribution is 6.10. The predicted molar refractivity (Wildman–Crippen MR) is 190 cm³/mol. The monoisotopic (exact) mass is 571 g/mol. The first-order valence-electron chi connectivity index (χ1n) is 15.8. The van der Waals surface area contributed by atoms with Gasteiger partial charge in [0.2, 0.25) is 0 Å². The topological polar surface area (TPSA) is 3.24 Å². The molecule has 1 heteroatoms. The summed E-state index contributed by atoms with van der Waals surface area (Å²) >= 11 is 0. The molecule has 6 aromatic carbocycles. The first-order valence-corrected chi connectivity index (χ1v) is 15.8. The van der Waals surface area contributed by atoms with Gasteiger partial charge < -0.3 is 4.90 Å². The van der Waals surface area contributed by atoms with E-state index >= 15 is 0 Å². The molecule has 0 aromatic heterocycles. The van der Waals surface area contributed by atoms with Crippen LogP contribution < -0.4 is 4.90 Å². The van der Waals surface area contributed by atoms with Gasteiger partial charge in [0.1, 0.15) is 0 Å². The van der Waals surface area contributed by atoms with Crippen LogP contribution in [0.15, 0.2) is 103 Å². The zero-order chi connectivity index (χ0) is 30.9. The van der Waals surface area contributed by atoms with E-state index < -0.39 is 0 Å². The van der Waals surface area contributed by atoms with Crippen molar-refractivity contribution in [3.8, 4) is 22.3 Å². The molecule has 0 atom stereocenters. The lowest BCUT2D eigenvalue weighted by Crippen LogP contribution is -2.18. The van der Waals surface area contributed by atoms with E-state index in [1.165, 1.54) is 94.6 Å². The Morgan fingerprint density at radius 3 is 1.82 bits per heavy atom. The Labute approximate surface area is 262 Å². The minimum absolute atomic E-state index is 0.108. The van der Waals surface area contributed by atoms with Gasteiger partial charge >= 0.3 is 0 Å². The van der Waals surface area contributed by atoms with Crippen LogP contribution in [0.5, 0.6) is 0 Å². The normalized spacial score (nSPS) is 13.2. The van der Waals surface area contributed by atoms with Gasteiger partial charge in [0.15, 0.2) is 0 Å². The summed E-state index contributed by atoms with van der Waals surface area (Å²) in [7, 11) is 0. The smallest absolute Gasteiger partial charge is 0.0543 e. The summed E-state index contributed by atoms with van der Waals surface area (Å²) in [6.45, 7) is 18.2.